The summed E-state index contributed by atoms with van der Waals surface area (Å²) in [6.07, 6.45) is 4.69. The summed E-state index contributed by atoms with van der Waals surface area (Å²) in [6.45, 7) is 0.0973. The molecule has 0 aromatic heterocycles. The number of nitrogens with one attached hydrogen (secondary N) is 6. The molecule has 0 radical (unpaired) electrons. The monoisotopic (exact) mass is 965 g/mol. The van der Waals surface area contributed by atoms with Crippen LogP contribution in [-0.4, -0.2) is 89.5 Å². The molecular weight excluding hydrogens is 920 g/mol. The summed E-state index contributed by atoms with van der Waals surface area (Å²) in [5.74, 6) is -6.05. The molecule has 4 atom stereocenters. The number of piperidine rings is 1. The average Bonchev–Trinajstić information content (AvgIpc) is 3.88. The Balaban J connectivity index is 0.783. The van der Waals surface area contributed by atoms with Crippen molar-refractivity contribution in [1.29, 1.82) is 0 Å². The minimum Gasteiger partial charge on any atom is -0.483 e. The van der Waals surface area contributed by atoms with E-state index in [1.54, 1.807) is 54.6 Å². The van der Waals surface area contributed by atoms with Gasteiger partial charge in [0.05, 0.1) is 22.2 Å². The zero-order chi connectivity index (χ0) is 47.9. The summed E-state index contributed by atoms with van der Waals surface area (Å²) in [4.78, 5) is 106. The van der Waals surface area contributed by atoms with Crippen molar-refractivity contribution >= 4 is 81.8 Å². The van der Waals surface area contributed by atoms with Crippen LogP contribution >= 0.6 is 23.2 Å². The Kier molecular flexibility index (Phi) is 12.8. The van der Waals surface area contributed by atoms with Gasteiger partial charge in [-0.25, -0.2) is 4.39 Å². The maximum atomic E-state index is 16.2. The van der Waals surface area contributed by atoms with Crippen molar-refractivity contribution in [1.82, 2.24) is 26.2 Å². The lowest BCUT2D eigenvalue weighted by Crippen LogP contribution is -2.60. The number of halogens is 3. The Hall–Kier alpha value is -6.69. The fourth-order valence-corrected chi connectivity index (χ4v) is 11.1. The quantitative estimate of drug-likeness (QED) is 0.0727. The predicted molar refractivity (Wildman–Crippen MR) is 247 cm³/mol. The lowest BCUT2D eigenvalue weighted by molar-refractivity contribution is -0.136. The number of benzene rings is 4. The first kappa shape index (κ1) is 46.4. The molecule has 4 aliphatic heterocycles. The van der Waals surface area contributed by atoms with Crippen LogP contribution in [0.4, 0.5) is 15.8 Å². The van der Waals surface area contributed by atoms with Gasteiger partial charge in [-0.15, -0.1) is 0 Å². The molecule has 5 aliphatic rings. The standard InChI is InChI=1S/C49H46Cl2FN7O9/c50-27-14-17-31-33(24-27)56-47(67)49(31)39(30-9-6-10-32(51)40(30)52)41(58-48(49)20-2-1-3-21-48)44(64)55-28-15-12-26(13-16-28)42(62)54-23-5-4-22-53-37(61)25-68-35-11-7-8-29-38(35)46(66)59(45(29)65)34-18-19-36(60)57-43(34)63/h6-17,24,34,39,41,58H,1-5,18-23,25H2,(H,53,61)(H,54,62)(H,55,64)(H,56,67)(H,57,60,63)/t34?,39-,41+,49+/m0/s1. The van der Waals surface area contributed by atoms with Gasteiger partial charge < -0.3 is 26.0 Å². The normalized spacial score (nSPS) is 22.4. The first-order valence-electron chi connectivity index (χ1n) is 22.5. The molecule has 8 amide bonds. The largest absolute Gasteiger partial charge is 0.483 e. The van der Waals surface area contributed by atoms with Gasteiger partial charge in [0.15, 0.2) is 6.61 Å². The summed E-state index contributed by atoms with van der Waals surface area (Å²) >= 11 is 12.7. The van der Waals surface area contributed by atoms with E-state index in [-0.39, 0.29) is 58.7 Å². The second-order valence-electron chi connectivity index (χ2n) is 17.6. The van der Waals surface area contributed by atoms with Crippen LogP contribution < -0.4 is 36.6 Å². The van der Waals surface area contributed by atoms with Gasteiger partial charge in [-0.1, -0.05) is 66.7 Å². The van der Waals surface area contributed by atoms with Crippen LogP contribution in [0.2, 0.25) is 10.0 Å². The lowest BCUT2D eigenvalue weighted by Gasteiger charge is -2.47. The number of amides is 8. The van der Waals surface area contributed by atoms with E-state index in [1.165, 1.54) is 24.3 Å². The molecule has 19 heteroatoms. The third kappa shape index (κ3) is 8.15. The van der Waals surface area contributed by atoms with E-state index in [9.17, 15) is 38.4 Å². The highest BCUT2D eigenvalue weighted by atomic mass is 35.5. The molecule has 2 spiro atoms. The number of carbonyl (C=O) groups excluding carboxylic acids is 8. The van der Waals surface area contributed by atoms with Crippen LogP contribution in [0, 0.1) is 5.82 Å². The number of ether oxygens (including phenoxy) is 1. The van der Waals surface area contributed by atoms with Crippen molar-refractivity contribution in [2.45, 2.75) is 86.7 Å². The Morgan fingerprint density at radius 1 is 0.838 bits per heavy atom. The van der Waals surface area contributed by atoms with Crippen LogP contribution in [0.15, 0.2) is 78.9 Å². The van der Waals surface area contributed by atoms with E-state index < -0.39 is 76.8 Å². The maximum Gasteiger partial charge on any atom is 0.266 e. The summed E-state index contributed by atoms with van der Waals surface area (Å²) in [5, 5.41) is 17.6. The minimum atomic E-state index is -1.38. The number of hydrogen-bond donors (Lipinski definition) is 6. The number of unbranched alkanes of at least 4 members (excludes halogenated alkanes) is 1. The van der Waals surface area contributed by atoms with E-state index in [0.29, 0.717) is 59.8 Å². The third-order valence-corrected chi connectivity index (χ3v) is 14.2. The van der Waals surface area contributed by atoms with Crippen LogP contribution in [-0.2, 0) is 29.4 Å². The van der Waals surface area contributed by atoms with Crippen LogP contribution in [0.5, 0.6) is 5.75 Å². The molecule has 3 fully saturated rings. The van der Waals surface area contributed by atoms with Gasteiger partial charge in [-0.2, -0.15) is 0 Å². The summed E-state index contributed by atoms with van der Waals surface area (Å²) < 4.78 is 21.9. The van der Waals surface area contributed by atoms with Gasteiger partial charge in [-0.3, -0.25) is 53.9 Å². The van der Waals surface area contributed by atoms with Crippen LogP contribution in [0.1, 0.15) is 106 Å². The Bertz CT molecular complexity index is 2780. The highest BCUT2D eigenvalue weighted by Gasteiger charge is 2.72. The second-order valence-corrected chi connectivity index (χ2v) is 18.5. The molecule has 2 saturated heterocycles. The predicted octanol–water partition coefficient (Wildman–Crippen LogP) is 5.53. The van der Waals surface area contributed by atoms with Crippen LogP contribution in [0.25, 0.3) is 0 Å². The van der Waals surface area contributed by atoms with Gasteiger partial charge >= 0.3 is 0 Å². The van der Waals surface area contributed by atoms with Gasteiger partial charge in [0.25, 0.3) is 23.6 Å². The first-order valence-corrected chi connectivity index (χ1v) is 23.3. The van der Waals surface area contributed by atoms with E-state index in [1.807, 2.05) is 0 Å². The highest BCUT2D eigenvalue weighted by molar-refractivity contribution is 6.31. The molecule has 1 saturated carbocycles. The zero-order valence-electron chi connectivity index (χ0n) is 36.5. The van der Waals surface area contributed by atoms with E-state index in [0.717, 1.165) is 24.2 Å². The lowest BCUT2D eigenvalue weighted by atomic mass is 9.55. The topological polar surface area (TPSA) is 221 Å². The average molecular weight is 967 g/mol. The van der Waals surface area contributed by atoms with Crippen molar-refractivity contribution in [3.8, 4) is 5.75 Å². The molecule has 16 nitrogen and oxygen atoms in total. The minimum absolute atomic E-state index is 0.00404. The summed E-state index contributed by atoms with van der Waals surface area (Å²) in [7, 11) is 0. The number of anilines is 2. The van der Waals surface area contributed by atoms with Crippen molar-refractivity contribution in [3.05, 3.63) is 123 Å². The molecule has 352 valence electrons. The van der Waals surface area contributed by atoms with Gasteiger partial charge in [0.1, 0.15) is 23.0 Å². The first-order chi connectivity index (χ1) is 32.7. The van der Waals surface area contributed by atoms with E-state index in [4.69, 9.17) is 27.9 Å². The van der Waals surface area contributed by atoms with E-state index >= 15 is 4.39 Å². The number of nitrogens with zero attached hydrogens (tertiary/aromatic N) is 1. The zero-order valence-corrected chi connectivity index (χ0v) is 38.0. The number of hydrogen-bond acceptors (Lipinski definition) is 10. The summed E-state index contributed by atoms with van der Waals surface area (Å²) in [5.41, 5.74) is -0.314. The molecular formula is C49H46Cl2FN7O9. The van der Waals surface area contributed by atoms with Crippen molar-refractivity contribution in [2.75, 3.05) is 30.3 Å². The molecule has 1 aliphatic carbocycles. The number of carbonyl (C=O) groups is 8. The SMILES string of the molecule is O=C(COc1cccc2c1C(=O)N(C1CCC(=O)NC1=O)C2=O)NCCCCNC(=O)c1ccc(NC(=O)[C@@H]2NC3(CCCCC3)[C@@]3(C(=O)Nc4cc(Cl)ccc43)[C@H]2c2cccc(Cl)c2F)cc1. The third-order valence-electron chi connectivity index (χ3n) is 13.7. The van der Waals surface area contributed by atoms with Gasteiger partial charge in [-0.05, 0) is 97.8 Å². The van der Waals surface area contributed by atoms with Crippen molar-refractivity contribution < 1.29 is 47.5 Å². The molecule has 4 aromatic carbocycles. The Labute approximate surface area is 399 Å². The number of fused-ring (bicyclic) bond motifs is 4. The molecule has 9 rings (SSSR count). The Morgan fingerprint density at radius 3 is 2.32 bits per heavy atom. The molecule has 4 aromatic rings. The fraction of sp³-hybridized carbons (Fsp3) is 0.347. The summed E-state index contributed by atoms with van der Waals surface area (Å²) in [6, 6.07) is 18.3. The van der Waals surface area contributed by atoms with Crippen molar-refractivity contribution in [3.63, 3.8) is 0 Å². The number of rotatable bonds is 13. The highest BCUT2D eigenvalue weighted by Crippen LogP contribution is 2.63. The fourth-order valence-electron chi connectivity index (χ4n) is 10.7. The molecule has 1 unspecified atom stereocenters. The van der Waals surface area contributed by atoms with Gasteiger partial charge in [0.2, 0.25) is 23.6 Å². The number of imide groups is 2. The van der Waals surface area contributed by atoms with Gasteiger partial charge in [0, 0.05) is 52.9 Å². The van der Waals surface area contributed by atoms with Crippen LogP contribution in [0.3, 0.4) is 0 Å². The smallest absolute Gasteiger partial charge is 0.266 e. The molecule has 4 heterocycles. The Morgan fingerprint density at radius 2 is 1.57 bits per heavy atom. The maximum absolute atomic E-state index is 16.2. The molecule has 68 heavy (non-hydrogen) atoms. The van der Waals surface area contributed by atoms with Crippen molar-refractivity contribution in [2.24, 2.45) is 0 Å². The van der Waals surface area contributed by atoms with E-state index in [2.05, 4.69) is 31.9 Å². The molecule has 6 N–H and O–H groups in total. The molecule has 0 bridgehead atoms. The second kappa shape index (κ2) is 18.8.